The summed E-state index contributed by atoms with van der Waals surface area (Å²) in [5.41, 5.74) is 0.882. The number of hydrogen-bond acceptors (Lipinski definition) is 4. The van der Waals surface area contributed by atoms with E-state index in [-0.39, 0.29) is 30.8 Å². The monoisotopic (exact) mass is 411 g/mol. The highest BCUT2D eigenvalue weighted by Gasteiger charge is 2.44. The van der Waals surface area contributed by atoms with Gasteiger partial charge in [-0.25, -0.2) is 0 Å². The highest BCUT2D eigenvalue weighted by molar-refractivity contribution is 6.14. The molecule has 0 saturated carbocycles. The predicted octanol–water partition coefficient (Wildman–Crippen LogP) is 0.912. The second-order valence-corrected chi connectivity index (χ2v) is 7.85. The van der Waals surface area contributed by atoms with Crippen LogP contribution in [0.1, 0.15) is 13.8 Å². The van der Waals surface area contributed by atoms with Gasteiger partial charge in [-0.1, -0.05) is 12.1 Å². The van der Waals surface area contributed by atoms with Crippen molar-refractivity contribution < 1.29 is 24.0 Å². The molecule has 1 aliphatic heterocycles. The van der Waals surface area contributed by atoms with Gasteiger partial charge in [-0.15, -0.1) is 0 Å². The number of nitrogens with zero attached hydrogens (tertiary/aromatic N) is 1. The van der Waals surface area contributed by atoms with Crippen molar-refractivity contribution in [2.24, 2.45) is 0 Å². The summed E-state index contributed by atoms with van der Waals surface area (Å²) in [6.45, 7) is 3.60. The van der Waals surface area contributed by atoms with Crippen LogP contribution in [-0.4, -0.2) is 50.5 Å². The van der Waals surface area contributed by atoms with E-state index in [4.69, 9.17) is 4.74 Å². The Bertz CT molecular complexity index is 956. The molecule has 3 N–H and O–H groups in total. The van der Waals surface area contributed by atoms with E-state index in [1.54, 1.807) is 70.5 Å². The van der Waals surface area contributed by atoms with Gasteiger partial charge in [0.1, 0.15) is 11.3 Å². The minimum atomic E-state index is -1.03. The van der Waals surface area contributed by atoms with Crippen LogP contribution < -0.4 is 25.2 Å². The molecule has 0 radical (unpaired) electrons. The lowest BCUT2D eigenvalue weighted by Crippen LogP contribution is -3.11. The fourth-order valence-electron chi connectivity index (χ4n) is 3.45. The first kappa shape index (κ1) is 21.3. The van der Waals surface area contributed by atoms with Crippen LogP contribution in [0, 0.1) is 0 Å². The number of carbonyl (C=O) groups is 3. The van der Waals surface area contributed by atoms with E-state index in [1.165, 1.54) is 4.90 Å². The van der Waals surface area contributed by atoms with Crippen molar-refractivity contribution in [1.29, 1.82) is 0 Å². The Balaban J connectivity index is 1.65. The Morgan fingerprint density at radius 3 is 2.43 bits per heavy atom. The van der Waals surface area contributed by atoms with E-state index in [0.29, 0.717) is 27.7 Å². The summed E-state index contributed by atoms with van der Waals surface area (Å²) in [5, 5.41) is 5.65. The lowest BCUT2D eigenvalue weighted by atomic mass is 9.96. The van der Waals surface area contributed by atoms with Crippen molar-refractivity contribution in [3.63, 3.8) is 0 Å². The van der Waals surface area contributed by atoms with Crippen LogP contribution in [0.15, 0.2) is 48.5 Å². The number of methoxy groups -OCH3 is 1. The van der Waals surface area contributed by atoms with Crippen molar-refractivity contribution in [3.8, 4) is 5.75 Å². The fourth-order valence-corrected chi connectivity index (χ4v) is 3.45. The zero-order valence-electron chi connectivity index (χ0n) is 17.6. The van der Waals surface area contributed by atoms with Crippen LogP contribution in [0.2, 0.25) is 0 Å². The number of likely N-dealkylation sites (N-methyl/N-ethyl adjacent to an activating group) is 1. The number of hydrogen-bond donors (Lipinski definition) is 3. The van der Waals surface area contributed by atoms with Gasteiger partial charge in [0.15, 0.2) is 13.1 Å². The third-order valence-corrected chi connectivity index (χ3v) is 5.05. The molecule has 1 atom stereocenters. The molecule has 0 saturated heterocycles. The molecule has 2 aromatic rings. The van der Waals surface area contributed by atoms with E-state index in [0.717, 1.165) is 0 Å². The maximum Gasteiger partial charge on any atom is 0.283 e. The Morgan fingerprint density at radius 1 is 1.10 bits per heavy atom. The number of quaternary nitrogens is 1. The number of ether oxygens (including phenoxy) is 1. The Morgan fingerprint density at radius 2 is 1.77 bits per heavy atom. The van der Waals surface area contributed by atoms with Gasteiger partial charge < -0.3 is 20.3 Å². The first-order valence-corrected chi connectivity index (χ1v) is 9.71. The Hall–Kier alpha value is -3.39. The number of nitrogens with one attached hydrogen (secondary N) is 3. The van der Waals surface area contributed by atoms with Gasteiger partial charge in [-0.3, -0.25) is 19.3 Å². The smallest absolute Gasteiger partial charge is 0.283 e. The molecular weight excluding hydrogens is 384 g/mol. The van der Waals surface area contributed by atoms with Gasteiger partial charge in [0.25, 0.3) is 11.8 Å². The molecule has 3 amide bonds. The third-order valence-electron chi connectivity index (χ3n) is 5.05. The second kappa shape index (κ2) is 8.54. The van der Waals surface area contributed by atoms with Crippen LogP contribution in [0.4, 0.5) is 17.1 Å². The van der Waals surface area contributed by atoms with Crippen LogP contribution in [0.3, 0.4) is 0 Å². The molecule has 0 spiro atoms. The van der Waals surface area contributed by atoms with Gasteiger partial charge in [-0.05, 0) is 50.2 Å². The SMILES string of the molecule is COc1ccc(NC(=O)C[NH+](C)CC(=O)N2c3ccccc3NC(=O)C2(C)C)cc1. The summed E-state index contributed by atoms with van der Waals surface area (Å²) in [6.07, 6.45) is 0. The number of para-hydroxylation sites is 2. The molecule has 0 aliphatic carbocycles. The highest BCUT2D eigenvalue weighted by Crippen LogP contribution is 2.36. The normalized spacial score (nSPS) is 15.6. The number of rotatable bonds is 6. The van der Waals surface area contributed by atoms with E-state index in [9.17, 15) is 14.4 Å². The highest BCUT2D eigenvalue weighted by atomic mass is 16.5. The molecule has 8 nitrogen and oxygen atoms in total. The molecule has 8 heteroatoms. The predicted molar refractivity (Wildman–Crippen MR) is 115 cm³/mol. The summed E-state index contributed by atoms with van der Waals surface area (Å²) in [5.74, 6) is 0.0258. The number of fused-ring (bicyclic) bond motifs is 1. The molecule has 1 unspecified atom stereocenters. The van der Waals surface area contributed by atoms with E-state index in [1.807, 2.05) is 6.07 Å². The van der Waals surface area contributed by atoms with E-state index < -0.39 is 5.54 Å². The molecule has 0 aromatic heterocycles. The maximum atomic E-state index is 13.1. The summed E-state index contributed by atoms with van der Waals surface area (Å²) in [7, 11) is 3.35. The molecule has 158 valence electrons. The fraction of sp³-hybridized carbons (Fsp3) is 0.318. The van der Waals surface area contributed by atoms with E-state index >= 15 is 0 Å². The number of anilines is 3. The quantitative estimate of drug-likeness (QED) is 0.659. The summed E-state index contributed by atoms with van der Waals surface area (Å²) in [4.78, 5) is 40.2. The van der Waals surface area contributed by atoms with Crippen LogP contribution >= 0.6 is 0 Å². The second-order valence-electron chi connectivity index (χ2n) is 7.85. The number of carbonyl (C=O) groups excluding carboxylic acids is 3. The van der Waals surface area contributed by atoms with Crippen molar-refractivity contribution >= 4 is 34.8 Å². The Kier molecular flexibility index (Phi) is 6.07. The van der Waals surface area contributed by atoms with Crippen molar-refractivity contribution in [2.45, 2.75) is 19.4 Å². The zero-order valence-corrected chi connectivity index (χ0v) is 17.6. The molecule has 2 aromatic carbocycles. The lowest BCUT2D eigenvalue weighted by molar-refractivity contribution is -0.862. The number of benzene rings is 2. The zero-order chi connectivity index (χ0) is 21.9. The first-order valence-electron chi connectivity index (χ1n) is 9.71. The van der Waals surface area contributed by atoms with Crippen molar-refractivity contribution in [2.75, 3.05) is 42.8 Å². The molecule has 1 aliphatic rings. The molecule has 0 bridgehead atoms. The molecule has 0 fully saturated rings. The molecule has 1 heterocycles. The summed E-state index contributed by atoms with van der Waals surface area (Å²) in [6, 6.07) is 14.2. The standard InChI is InChI=1S/C22H26N4O4/c1-22(2)21(29)24-17-7-5-6-8-18(17)26(22)20(28)14-25(3)13-19(27)23-15-9-11-16(30-4)12-10-15/h5-12H,13-14H2,1-4H3,(H,23,27)(H,24,29)/p+1. The van der Waals surface area contributed by atoms with Gasteiger partial charge in [0.05, 0.1) is 25.5 Å². The van der Waals surface area contributed by atoms with E-state index in [2.05, 4.69) is 10.6 Å². The van der Waals surface area contributed by atoms with Crippen LogP contribution in [0.5, 0.6) is 5.75 Å². The maximum absolute atomic E-state index is 13.1. The van der Waals surface area contributed by atoms with Gasteiger partial charge in [0.2, 0.25) is 5.91 Å². The molecule has 3 rings (SSSR count). The van der Waals surface area contributed by atoms with Gasteiger partial charge >= 0.3 is 0 Å². The first-order chi connectivity index (χ1) is 14.2. The van der Waals surface area contributed by atoms with Crippen LogP contribution in [0.25, 0.3) is 0 Å². The van der Waals surface area contributed by atoms with Crippen molar-refractivity contribution in [3.05, 3.63) is 48.5 Å². The topological polar surface area (TPSA) is 92.2 Å². The molecular formula is C22H27N4O4+. The molecule has 30 heavy (non-hydrogen) atoms. The van der Waals surface area contributed by atoms with Gasteiger partial charge in [0, 0.05) is 5.69 Å². The average Bonchev–Trinajstić information content (AvgIpc) is 2.68. The van der Waals surface area contributed by atoms with Gasteiger partial charge in [-0.2, -0.15) is 0 Å². The largest absolute Gasteiger partial charge is 0.497 e. The van der Waals surface area contributed by atoms with Crippen LogP contribution in [-0.2, 0) is 14.4 Å². The minimum Gasteiger partial charge on any atom is -0.497 e. The average molecular weight is 411 g/mol. The Labute approximate surface area is 175 Å². The lowest BCUT2D eigenvalue weighted by Gasteiger charge is -2.42. The van der Waals surface area contributed by atoms with Crippen molar-refractivity contribution in [1.82, 2.24) is 0 Å². The number of amides is 3. The summed E-state index contributed by atoms with van der Waals surface area (Å²) < 4.78 is 5.10. The minimum absolute atomic E-state index is 0.0705. The third kappa shape index (κ3) is 4.44. The summed E-state index contributed by atoms with van der Waals surface area (Å²) >= 11 is 0.